The number of benzene rings is 1. The number of nitrogens with one attached hydrogen (secondary N) is 3. The molecule has 0 saturated heterocycles. The van der Waals surface area contributed by atoms with E-state index in [2.05, 4.69) is 15.3 Å². The number of methoxy groups -OCH3 is 3. The summed E-state index contributed by atoms with van der Waals surface area (Å²) in [5.41, 5.74) is 0.865. The topological polar surface area (TPSA) is 105 Å². The third kappa shape index (κ3) is 3.08. The van der Waals surface area contributed by atoms with Gasteiger partial charge in [0.2, 0.25) is 5.75 Å². The quantitative estimate of drug-likeness (QED) is 0.622. The summed E-state index contributed by atoms with van der Waals surface area (Å²) < 4.78 is 16.1. The predicted molar refractivity (Wildman–Crippen MR) is 98.6 cm³/mol. The molecule has 26 heavy (non-hydrogen) atoms. The molecular formula is C18H19N3O5. The van der Waals surface area contributed by atoms with Crippen LogP contribution in [0.2, 0.25) is 0 Å². The van der Waals surface area contributed by atoms with E-state index >= 15 is 0 Å². The monoisotopic (exact) mass is 357 g/mol. The molecule has 3 rings (SSSR count). The molecule has 0 fully saturated rings. The van der Waals surface area contributed by atoms with Crippen molar-refractivity contribution in [3.8, 4) is 17.2 Å². The van der Waals surface area contributed by atoms with Gasteiger partial charge in [-0.1, -0.05) is 0 Å². The Kier molecular flexibility index (Phi) is 4.83. The number of anilines is 1. The molecule has 8 nitrogen and oxygen atoms in total. The van der Waals surface area contributed by atoms with E-state index in [0.29, 0.717) is 39.4 Å². The van der Waals surface area contributed by atoms with Crippen LogP contribution in [0.1, 0.15) is 5.56 Å². The number of hydrogen-bond acceptors (Lipinski definition) is 6. The van der Waals surface area contributed by atoms with E-state index in [1.165, 1.54) is 21.3 Å². The summed E-state index contributed by atoms with van der Waals surface area (Å²) in [7, 11) is 4.54. The molecule has 8 heteroatoms. The van der Waals surface area contributed by atoms with Crippen LogP contribution in [0.5, 0.6) is 17.2 Å². The fourth-order valence-electron chi connectivity index (χ4n) is 2.75. The van der Waals surface area contributed by atoms with E-state index < -0.39 is 0 Å². The van der Waals surface area contributed by atoms with Crippen LogP contribution in [-0.4, -0.2) is 31.3 Å². The lowest BCUT2D eigenvalue weighted by Gasteiger charge is -2.15. The fraction of sp³-hybridized carbons (Fsp3) is 0.222. The highest BCUT2D eigenvalue weighted by Crippen LogP contribution is 2.42. The van der Waals surface area contributed by atoms with Gasteiger partial charge in [0.25, 0.3) is 11.1 Å². The number of aromatic nitrogens is 2. The van der Waals surface area contributed by atoms with E-state index in [-0.39, 0.29) is 17.7 Å². The van der Waals surface area contributed by atoms with Crippen molar-refractivity contribution in [2.75, 3.05) is 26.6 Å². The van der Waals surface area contributed by atoms with Crippen molar-refractivity contribution in [1.82, 2.24) is 9.97 Å². The maximum atomic E-state index is 12.4. The summed E-state index contributed by atoms with van der Waals surface area (Å²) >= 11 is 0. The first-order valence-electron chi connectivity index (χ1n) is 7.85. The van der Waals surface area contributed by atoms with Gasteiger partial charge < -0.3 is 29.5 Å². The highest BCUT2D eigenvalue weighted by Gasteiger charge is 2.17. The number of aromatic amines is 2. The average Bonchev–Trinajstić information content (AvgIpc) is 2.65. The van der Waals surface area contributed by atoms with Gasteiger partial charge in [0.1, 0.15) is 5.69 Å². The molecule has 0 bridgehead atoms. The number of rotatable bonds is 6. The number of fused-ring (bicyclic) bond motifs is 1. The van der Waals surface area contributed by atoms with Crippen LogP contribution in [0.15, 0.2) is 40.1 Å². The SMILES string of the molecule is COc1cc2[nH]c(=O)c(CNc3ccc[nH]c3=O)cc2c(OC)c1OC. The largest absolute Gasteiger partial charge is 0.493 e. The molecular weight excluding hydrogens is 338 g/mol. The third-order valence-corrected chi connectivity index (χ3v) is 4.01. The first-order valence-corrected chi connectivity index (χ1v) is 7.85. The molecule has 0 amide bonds. The molecule has 0 aliphatic carbocycles. The smallest absolute Gasteiger partial charge is 0.271 e. The summed E-state index contributed by atoms with van der Waals surface area (Å²) in [6, 6.07) is 6.73. The summed E-state index contributed by atoms with van der Waals surface area (Å²) in [6.45, 7) is 0.176. The lowest BCUT2D eigenvalue weighted by Crippen LogP contribution is -2.19. The Labute approximate surface area is 148 Å². The van der Waals surface area contributed by atoms with E-state index in [0.717, 1.165) is 0 Å². The Morgan fingerprint density at radius 3 is 2.42 bits per heavy atom. The first kappa shape index (κ1) is 17.4. The summed E-state index contributed by atoms with van der Waals surface area (Å²) in [5.74, 6) is 1.35. The van der Waals surface area contributed by atoms with Crippen molar-refractivity contribution in [3.05, 3.63) is 56.7 Å². The normalized spacial score (nSPS) is 10.6. The number of H-pyrrole nitrogens is 2. The zero-order valence-corrected chi connectivity index (χ0v) is 14.6. The predicted octanol–water partition coefficient (Wildman–Crippen LogP) is 1.85. The van der Waals surface area contributed by atoms with Gasteiger partial charge >= 0.3 is 0 Å². The number of pyridine rings is 2. The van der Waals surface area contributed by atoms with Gasteiger partial charge in [-0.15, -0.1) is 0 Å². The van der Waals surface area contributed by atoms with Crippen molar-refractivity contribution in [2.45, 2.75) is 6.54 Å². The summed E-state index contributed by atoms with van der Waals surface area (Å²) in [6.07, 6.45) is 1.54. The minimum atomic E-state index is -0.272. The maximum Gasteiger partial charge on any atom is 0.271 e. The fourth-order valence-corrected chi connectivity index (χ4v) is 2.75. The Morgan fingerprint density at radius 1 is 1.00 bits per heavy atom. The molecule has 2 aromatic heterocycles. The molecule has 0 unspecified atom stereocenters. The van der Waals surface area contributed by atoms with Gasteiger partial charge in [-0.3, -0.25) is 9.59 Å². The Balaban J connectivity index is 2.07. The van der Waals surface area contributed by atoms with Crippen LogP contribution in [-0.2, 0) is 6.54 Å². The molecule has 0 saturated carbocycles. The second-order valence-electron chi connectivity index (χ2n) is 5.50. The van der Waals surface area contributed by atoms with Gasteiger partial charge in [-0.25, -0.2) is 0 Å². The molecule has 0 aliphatic rings. The van der Waals surface area contributed by atoms with Crippen LogP contribution in [0.3, 0.4) is 0 Å². The molecule has 136 valence electrons. The third-order valence-electron chi connectivity index (χ3n) is 4.01. The molecule has 2 heterocycles. The molecule has 0 aliphatic heterocycles. The van der Waals surface area contributed by atoms with Gasteiger partial charge in [0, 0.05) is 29.8 Å². The van der Waals surface area contributed by atoms with Gasteiger partial charge in [0.15, 0.2) is 11.5 Å². The van der Waals surface area contributed by atoms with E-state index in [1.54, 1.807) is 30.5 Å². The summed E-state index contributed by atoms with van der Waals surface area (Å²) in [4.78, 5) is 29.5. The Bertz CT molecular complexity index is 1050. The molecule has 3 aromatic rings. The second-order valence-corrected chi connectivity index (χ2v) is 5.50. The van der Waals surface area contributed by atoms with Crippen molar-refractivity contribution in [3.63, 3.8) is 0 Å². The standard InChI is InChI=1S/C18H19N3O5/c1-24-14-8-13-11(15(25-2)16(14)26-3)7-10(17(22)21-13)9-20-12-5-4-6-19-18(12)23/h4-8,20H,9H2,1-3H3,(H,19,23)(H,21,22). The van der Waals surface area contributed by atoms with Crippen molar-refractivity contribution < 1.29 is 14.2 Å². The lowest BCUT2D eigenvalue weighted by atomic mass is 10.1. The maximum absolute atomic E-state index is 12.4. The van der Waals surface area contributed by atoms with Crippen LogP contribution in [0.4, 0.5) is 5.69 Å². The van der Waals surface area contributed by atoms with Crippen LogP contribution >= 0.6 is 0 Å². The van der Waals surface area contributed by atoms with Crippen LogP contribution in [0, 0.1) is 0 Å². The molecule has 0 spiro atoms. The molecule has 0 radical (unpaired) electrons. The Morgan fingerprint density at radius 2 is 1.77 bits per heavy atom. The zero-order valence-electron chi connectivity index (χ0n) is 14.6. The highest BCUT2D eigenvalue weighted by atomic mass is 16.5. The highest BCUT2D eigenvalue weighted by molar-refractivity contribution is 5.90. The van der Waals surface area contributed by atoms with E-state index in [9.17, 15) is 9.59 Å². The first-order chi connectivity index (χ1) is 12.6. The average molecular weight is 357 g/mol. The van der Waals surface area contributed by atoms with Crippen molar-refractivity contribution >= 4 is 16.6 Å². The molecule has 3 N–H and O–H groups in total. The number of hydrogen-bond donors (Lipinski definition) is 3. The second kappa shape index (κ2) is 7.22. The molecule has 0 atom stereocenters. The lowest BCUT2D eigenvalue weighted by molar-refractivity contribution is 0.327. The zero-order chi connectivity index (χ0) is 18.7. The Hall–Kier alpha value is -3.42. The van der Waals surface area contributed by atoms with Gasteiger partial charge in [0.05, 0.1) is 26.8 Å². The number of ether oxygens (including phenoxy) is 3. The molecule has 1 aromatic carbocycles. The van der Waals surface area contributed by atoms with Crippen molar-refractivity contribution in [1.29, 1.82) is 0 Å². The van der Waals surface area contributed by atoms with Crippen LogP contribution in [0.25, 0.3) is 10.9 Å². The van der Waals surface area contributed by atoms with Gasteiger partial charge in [-0.2, -0.15) is 0 Å². The van der Waals surface area contributed by atoms with Crippen LogP contribution < -0.4 is 30.6 Å². The minimum absolute atomic E-state index is 0.176. The minimum Gasteiger partial charge on any atom is -0.493 e. The van der Waals surface area contributed by atoms with E-state index in [4.69, 9.17) is 14.2 Å². The summed E-state index contributed by atoms with van der Waals surface area (Å²) in [5, 5.41) is 3.63. The van der Waals surface area contributed by atoms with Gasteiger partial charge in [-0.05, 0) is 18.2 Å². The van der Waals surface area contributed by atoms with E-state index in [1.807, 2.05) is 0 Å². The van der Waals surface area contributed by atoms with Crippen molar-refractivity contribution in [2.24, 2.45) is 0 Å².